The Hall–Kier alpha value is -1.49. The van der Waals surface area contributed by atoms with E-state index < -0.39 is 10.7 Å². The van der Waals surface area contributed by atoms with Crippen LogP contribution in [0.15, 0.2) is 18.2 Å². The van der Waals surface area contributed by atoms with Crippen LogP contribution in [0.3, 0.4) is 0 Å². The molecular weight excluding hydrogens is 211 g/mol. The summed E-state index contributed by atoms with van der Waals surface area (Å²) in [5, 5.41) is 14.0. The lowest BCUT2D eigenvalue weighted by Crippen LogP contribution is -2.27. The van der Waals surface area contributed by atoms with Gasteiger partial charge >= 0.3 is 0 Å². The van der Waals surface area contributed by atoms with Gasteiger partial charge < -0.3 is 5.32 Å². The van der Waals surface area contributed by atoms with Crippen molar-refractivity contribution in [3.05, 3.63) is 39.7 Å². The average Bonchev–Trinajstić information content (AvgIpc) is 2.29. The van der Waals surface area contributed by atoms with E-state index in [1.807, 2.05) is 0 Å². The molecule has 1 fully saturated rings. The van der Waals surface area contributed by atoms with E-state index >= 15 is 0 Å². The van der Waals surface area contributed by atoms with Gasteiger partial charge in [-0.3, -0.25) is 10.1 Å². The zero-order chi connectivity index (χ0) is 11.5. The minimum absolute atomic E-state index is 0.0390. The molecule has 86 valence electrons. The van der Waals surface area contributed by atoms with Gasteiger partial charge in [0.05, 0.1) is 10.5 Å². The molecule has 1 aliphatic rings. The van der Waals surface area contributed by atoms with Gasteiger partial charge in [0, 0.05) is 6.07 Å². The Morgan fingerprint density at radius 1 is 1.38 bits per heavy atom. The van der Waals surface area contributed by atoms with Crippen LogP contribution in [0.25, 0.3) is 0 Å². The molecule has 0 aromatic heterocycles. The molecule has 1 aromatic rings. The molecule has 1 heterocycles. The van der Waals surface area contributed by atoms with Crippen molar-refractivity contribution < 1.29 is 9.31 Å². The number of piperidine rings is 1. The summed E-state index contributed by atoms with van der Waals surface area (Å²) >= 11 is 0. The smallest absolute Gasteiger partial charge is 0.275 e. The van der Waals surface area contributed by atoms with Crippen LogP contribution < -0.4 is 5.32 Å². The second-order valence-electron chi connectivity index (χ2n) is 3.95. The number of nitro benzene ring substituents is 1. The highest BCUT2D eigenvalue weighted by Gasteiger charge is 2.26. The van der Waals surface area contributed by atoms with Gasteiger partial charge in [-0.05, 0) is 37.9 Å². The maximum absolute atomic E-state index is 13.7. The zero-order valence-corrected chi connectivity index (χ0v) is 8.78. The van der Waals surface area contributed by atoms with E-state index in [1.165, 1.54) is 18.2 Å². The third-order valence-electron chi connectivity index (χ3n) is 2.97. The molecule has 5 heteroatoms. The Morgan fingerprint density at radius 3 is 2.69 bits per heavy atom. The van der Waals surface area contributed by atoms with E-state index in [-0.39, 0.29) is 17.2 Å². The molecule has 1 N–H and O–H groups in total. The summed E-state index contributed by atoms with van der Waals surface area (Å²) < 4.78 is 13.7. The Kier molecular flexibility index (Phi) is 3.14. The molecule has 0 spiro atoms. The molecule has 0 saturated carbocycles. The summed E-state index contributed by atoms with van der Waals surface area (Å²) in [6.45, 7) is 1.58. The third kappa shape index (κ3) is 2.04. The van der Waals surface area contributed by atoms with Crippen molar-refractivity contribution in [2.75, 3.05) is 13.1 Å². The van der Waals surface area contributed by atoms with Gasteiger partial charge in [0.15, 0.2) is 0 Å². The minimum atomic E-state index is -0.500. The van der Waals surface area contributed by atoms with E-state index in [2.05, 4.69) is 5.32 Å². The monoisotopic (exact) mass is 224 g/mol. The second kappa shape index (κ2) is 4.57. The van der Waals surface area contributed by atoms with Gasteiger partial charge in [-0.2, -0.15) is 0 Å². The molecule has 4 nitrogen and oxygen atoms in total. The number of hydrogen-bond acceptors (Lipinski definition) is 3. The van der Waals surface area contributed by atoms with Gasteiger partial charge in [0.25, 0.3) is 5.69 Å². The number of benzene rings is 1. The van der Waals surface area contributed by atoms with Crippen LogP contribution in [0.4, 0.5) is 10.1 Å². The fraction of sp³-hybridized carbons (Fsp3) is 0.455. The van der Waals surface area contributed by atoms with Gasteiger partial charge in [-0.1, -0.05) is 6.07 Å². The second-order valence-corrected chi connectivity index (χ2v) is 3.95. The van der Waals surface area contributed by atoms with Crippen LogP contribution in [-0.2, 0) is 0 Å². The molecule has 0 bridgehead atoms. The van der Waals surface area contributed by atoms with Gasteiger partial charge in [-0.25, -0.2) is 4.39 Å². The summed E-state index contributed by atoms with van der Waals surface area (Å²) in [6.07, 6.45) is 1.50. The predicted octanol–water partition coefficient (Wildman–Crippen LogP) is 2.20. The third-order valence-corrected chi connectivity index (χ3v) is 2.97. The fourth-order valence-corrected chi connectivity index (χ4v) is 2.20. The average molecular weight is 224 g/mol. The van der Waals surface area contributed by atoms with Crippen LogP contribution in [0.2, 0.25) is 0 Å². The number of nitrogens with one attached hydrogen (secondary N) is 1. The first-order valence-corrected chi connectivity index (χ1v) is 5.33. The molecule has 2 rings (SSSR count). The van der Waals surface area contributed by atoms with E-state index in [4.69, 9.17) is 0 Å². The first-order valence-electron chi connectivity index (χ1n) is 5.33. The molecule has 0 amide bonds. The van der Waals surface area contributed by atoms with E-state index in [0.717, 1.165) is 25.9 Å². The Labute approximate surface area is 92.6 Å². The normalized spacial score (nSPS) is 17.3. The lowest BCUT2D eigenvalue weighted by Gasteiger charge is -2.22. The van der Waals surface area contributed by atoms with E-state index in [0.29, 0.717) is 0 Å². The number of halogens is 1. The summed E-state index contributed by atoms with van der Waals surface area (Å²) in [6, 6.07) is 4.06. The molecule has 0 aliphatic carbocycles. The van der Waals surface area contributed by atoms with Crippen LogP contribution in [0, 0.1) is 15.9 Å². The molecule has 16 heavy (non-hydrogen) atoms. The van der Waals surface area contributed by atoms with Gasteiger partial charge in [0.2, 0.25) is 0 Å². The maximum Gasteiger partial charge on any atom is 0.275 e. The van der Waals surface area contributed by atoms with Crippen LogP contribution >= 0.6 is 0 Å². The van der Waals surface area contributed by atoms with Crippen molar-refractivity contribution in [1.29, 1.82) is 0 Å². The summed E-state index contributed by atoms with van der Waals surface area (Å²) in [7, 11) is 0. The lowest BCUT2D eigenvalue weighted by molar-refractivity contribution is -0.386. The first kappa shape index (κ1) is 11.0. The van der Waals surface area contributed by atoms with Gasteiger partial charge in [-0.15, -0.1) is 0 Å². The SMILES string of the molecule is O=[N+]([O-])c1cccc(F)c1C1CCNCC1. The first-order chi connectivity index (χ1) is 7.70. The van der Waals surface area contributed by atoms with Crippen molar-refractivity contribution in [2.24, 2.45) is 0 Å². The van der Waals surface area contributed by atoms with Gasteiger partial charge in [0.1, 0.15) is 5.82 Å². The van der Waals surface area contributed by atoms with Crippen LogP contribution in [0.5, 0.6) is 0 Å². The molecular formula is C11H13FN2O2. The maximum atomic E-state index is 13.7. The summed E-state index contributed by atoms with van der Waals surface area (Å²) in [4.78, 5) is 10.3. The molecule has 1 aromatic carbocycles. The fourth-order valence-electron chi connectivity index (χ4n) is 2.20. The Balaban J connectivity index is 2.40. The van der Waals surface area contributed by atoms with Crippen molar-refractivity contribution in [2.45, 2.75) is 18.8 Å². The van der Waals surface area contributed by atoms with Crippen molar-refractivity contribution in [3.63, 3.8) is 0 Å². The minimum Gasteiger partial charge on any atom is -0.317 e. The topological polar surface area (TPSA) is 55.2 Å². The summed E-state index contributed by atoms with van der Waals surface area (Å²) in [5.74, 6) is -0.496. The molecule has 1 aliphatic heterocycles. The highest BCUT2D eigenvalue weighted by Crippen LogP contribution is 2.34. The zero-order valence-electron chi connectivity index (χ0n) is 8.78. The highest BCUT2D eigenvalue weighted by molar-refractivity contribution is 5.43. The Bertz CT molecular complexity index is 403. The Morgan fingerprint density at radius 2 is 2.06 bits per heavy atom. The molecule has 0 radical (unpaired) electrons. The largest absolute Gasteiger partial charge is 0.317 e. The predicted molar refractivity (Wildman–Crippen MR) is 57.9 cm³/mol. The van der Waals surface area contributed by atoms with Crippen molar-refractivity contribution in [3.8, 4) is 0 Å². The quantitative estimate of drug-likeness (QED) is 0.619. The number of nitro groups is 1. The van der Waals surface area contributed by atoms with Crippen LogP contribution in [0.1, 0.15) is 24.3 Å². The molecule has 1 saturated heterocycles. The summed E-state index contributed by atoms with van der Waals surface area (Å²) in [5.41, 5.74) is 0.181. The lowest BCUT2D eigenvalue weighted by atomic mass is 9.89. The molecule has 0 atom stereocenters. The van der Waals surface area contributed by atoms with Crippen molar-refractivity contribution in [1.82, 2.24) is 5.32 Å². The highest BCUT2D eigenvalue weighted by atomic mass is 19.1. The van der Waals surface area contributed by atoms with E-state index in [1.54, 1.807) is 0 Å². The number of hydrogen-bond donors (Lipinski definition) is 1. The molecule has 0 unspecified atom stereocenters. The number of nitrogens with zero attached hydrogens (tertiary/aromatic N) is 1. The standard InChI is InChI=1S/C11H13FN2O2/c12-9-2-1-3-10(14(15)16)11(9)8-4-6-13-7-5-8/h1-3,8,13H,4-7H2. The number of rotatable bonds is 2. The van der Waals surface area contributed by atoms with E-state index in [9.17, 15) is 14.5 Å². The van der Waals surface area contributed by atoms with Crippen LogP contribution in [-0.4, -0.2) is 18.0 Å². The van der Waals surface area contributed by atoms with Crippen molar-refractivity contribution >= 4 is 5.69 Å².